The fourth-order valence-corrected chi connectivity index (χ4v) is 8.95. The zero-order valence-electron chi connectivity index (χ0n) is 34.1. The maximum Gasteiger partial charge on any atom is 0.417 e. The highest BCUT2D eigenvalue weighted by Crippen LogP contribution is 2.44. The number of rotatable bonds is 5. The van der Waals surface area contributed by atoms with Crippen molar-refractivity contribution in [2.45, 2.75) is 47.7 Å². The van der Waals surface area contributed by atoms with Crippen molar-refractivity contribution >= 4 is 43.6 Å². The quantitative estimate of drug-likeness (QED) is 0.174. The molecule has 10 aromatic rings. The number of aryl methyl sites for hydroxylation is 6. The van der Waals surface area contributed by atoms with Crippen molar-refractivity contribution in [1.82, 2.24) is 24.1 Å². The second-order valence-corrected chi connectivity index (χ2v) is 16.0. The van der Waals surface area contributed by atoms with E-state index in [0.717, 1.165) is 88.9 Å². The summed E-state index contributed by atoms with van der Waals surface area (Å²) in [6.45, 7) is 12.1. The van der Waals surface area contributed by atoms with Crippen LogP contribution in [0.5, 0.6) is 0 Å². The number of alkyl halides is 3. The first-order chi connectivity index (χ1) is 28.8. The molecule has 0 bridgehead atoms. The third-order valence-electron chi connectivity index (χ3n) is 11.6. The fourth-order valence-electron chi connectivity index (χ4n) is 8.95. The molecular formula is C52H40F3N5. The lowest BCUT2D eigenvalue weighted by molar-refractivity contribution is -0.137. The fraction of sp³-hybridized carbons (Fsp3) is 0.135. The minimum absolute atomic E-state index is 0.120. The van der Waals surface area contributed by atoms with E-state index in [0.29, 0.717) is 23.0 Å². The summed E-state index contributed by atoms with van der Waals surface area (Å²) in [7, 11) is 0. The van der Waals surface area contributed by atoms with Crippen molar-refractivity contribution < 1.29 is 13.2 Å². The van der Waals surface area contributed by atoms with E-state index in [1.807, 2.05) is 26.0 Å². The Morgan fingerprint density at radius 3 is 1.35 bits per heavy atom. The Balaban J connectivity index is 1.30. The minimum atomic E-state index is -4.53. The van der Waals surface area contributed by atoms with E-state index in [1.165, 1.54) is 17.2 Å². The van der Waals surface area contributed by atoms with Crippen LogP contribution < -0.4 is 0 Å². The van der Waals surface area contributed by atoms with Gasteiger partial charge < -0.3 is 9.13 Å². The Kier molecular flexibility index (Phi) is 8.54. The molecule has 0 aliphatic carbocycles. The Morgan fingerprint density at radius 1 is 0.400 bits per heavy atom. The van der Waals surface area contributed by atoms with Crippen molar-refractivity contribution in [2.24, 2.45) is 0 Å². The van der Waals surface area contributed by atoms with Crippen LogP contribution in [-0.4, -0.2) is 24.1 Å². The maximum absolute atomic E-state index is 14.6. The van der Waals surface area contributed by atoms with Gasteiger partial charge in [0, 0.05) is 32.7 Å². The number of halogens is 3. The number of nitrogens with zero attached hydrogens (tertiary/aromatic N) is 5. The molecule has 3 heterocycles. The standard InChI is InChI=1S/C52H40F3N5/c1-29-11-18-45-39(23-29)40-24-30(2)12-19-46(40)59(45)49-22-16-35(27-43(49)51-57-33(5)56-34(6)58-51)38-17-15-36(37-9-7-8-10-44(37)52(53,54)55)28-50(38)60-47-20-13-31(3)25-41(47)42-26-32(4)14-21-48(42)60/h7-28H,1-6H3. The second-order valence-electron chi connectivity index (χ2n) is 16.0. The van der Waals surface area contributed by atoms with Crippen molar-refractivity contribution in [3.63, 3.8) is 0 Å². The van der Waals surface area contributed by atoms with Crippen LogP contribution in [0.25, 0.3) is 88.6 Å². The highest BCUT2D eigenvalue weighted by atomic mass is 19.4. The van der Waals surface area contributed by atoms with Gasteiger partial charge in [-0.05, 0) is 131 Å². The molecule has 5 nitrogen and oxygen atoms in total. The van der Waals surface area contributed by atoms with Crippen LogP contribution in [0.2, 0.25) is 0 Å². The molecule has 0 aliphatic rings. The molecule has 3 aromatic heterocycles. The second kappa shape index (κ2) is 13.8. The summed E-state index contributed by atoms with van der Waals surface area (Å²) >= 11 is 0. The van der Waals surface area contributed by atoms with E-state index >= 15 is 0 Å². The van der Waals surface area contributed by atoms with E-state index in [2.05, 4.69) is 133 Å². The van der Waals surface area contributed by atoms with Crippen molar-refractivity contribution in [1.29, 1.82) is 0 Å². The molecule has 0 aliphatic heterocycles. The summed E-state index contributed by atoms with van der Waals surface area (Å²) in [5.41, 5.74) is 12.7. The third-order valence-corrected chi connectivity index (χ3v) is 11.6. The first-order valence-corrected chi connectivity index (χ1v) is 20.0. The molecule has 0 unspecified atom stereocenters. The summed E-state index contributed by atoms with van der Waals surface area (Å²) in [4.78, 5) is 14.3. The molecule has 0 amide bonds. The number of aromatic nitrogens is 5. The van der Waals surface area contributed by atoms with Crippen LogP contribution in [0.1, 0.15) is 39.5 Å². The first kappa shape index (κ1) is 37.2. The molecule has 0 spiro atoms. The van der Waals surface area contributed by atoms with Gasteiger partial charge in [0.1, 0.15) is 11.6 Å². The largest absolute Gasteiger partial charge is 0.417 e. The lowest BCUT2D eigenvalue weighted by Gasteiger charge is -2.20. The van der Waals surface area contributed by atoms with Crippen LogP contribution >= 0.6 is 0 Å². The zero-order chi connectivity index (χ0) is 41.6. The molecule has 10 rings (SSSR count). The highest BCUT2D eigenvalue weighted by molar-refractivity contribution is 6.11. The van der Waals surface area contributed by atoms with Gasteiger partial charge in [-0.2, -0.15) is 13.2 Å². The molecule has 0 N–H and O–H groups in total. The predicted molar refractivity (Wildman–Crippen MR) is 238 cm³/mol. The van der Waals surface area contributed by atoms with E-state index < -0.39 is 11.7 Å². The highest BCUT2D eigenvalue weighted by Gasteiger charge is 2.33. The van der Waals surface area contributed by atoms with Crippen LogP contribution in [-0.2, 0) is 6.18 Å². The Morgan fingerprint density at radius 2 is 0.850 bits per heavy atom. The summed E-state index contributed by atoms with van der Waals surface area (Å²) in [5, 5.41) is 4.45. The molecule has 0 atom stereocenters. The summed E-state index contributed by atoms with van der Waals surface area (Å²) in [6, 6.07) is 43.6. The van der Waals surface area contributed by atoms with Crippen LogP contribution in [0.4, 0.5) is 13.2 Å². The average molecular weight is 792 g/mol. The van der Waals surface area contributed by atoms with Gasteiger partial charge in [-0.15, -0.1) is 0 Å². The summed E-state index contributed by atoms with van der Waals surface area (Å²) in [5.74, 6) is 1.74. The molecule has 7 aromatic carbocycles. The number of benzene rings is 7. The molecule has 0 radical (unpaired) electrons. The lowest BCUT2D eigenvalue weighted by atomic mass is 9.94. The number of fused-ring (bicyclic) bond motifs is 6. The van der Waals surface area contributed by atoms with Gasteiger partial charge >= 0.3 is 6.18 Å². The summed E-state index contributed by atoms with van der Waals surface area (Å²) in [6.07, 6.45) is -4.53. The molecule has 8 heteroatoms. The topological polar surface area (TPSA) is 48.5 Å². The van der Waals surface area contributed by atoms with Gasteiger partial charge in [-0.3, -0.25) is 0 Å². The summed E-state index contributed by atoms with van der Waals surface area (Å²) < 4.78 is 48.2. The smallest absolute Gasteiger partial charge is 0.309 e. The normalized spacial score (nSPS) is 12.1. The van der Waals surface area contributed by atoms with E-state index in [9.17, 15) is 13.2 Å². The molecule has 0 saturated heterocycles. The van der Waals surface area contributed by atoms with E-state index in [1.54, 1.807) is 18.2 Å². The monoisotopic (exact) mass is 791 g/mol. The van der Waals surface area contributed by atoms with Crippen LogP contribution in [0.3, 0.4) is 0 Å². The number of hydrogen-bond acceptors (Lipinski definition) is 3. The number of hydrogen-bond donors (Lipinski definition) is 0. The Labute approximate surface area is 345 Å². The van der Waals surface area contributed by atoms with Gasteiger partial charge in [0.25, 0.3) is 0 Å². The molecule has 60 heavy (non-hydrogen) atoms. The SMILES string of the molecule is Cc1ccc2c(c1)c1cc(C)ccc1n2-c1cc(-c2ccccc2C(F)(F)F)ccc1-c1ccc(-n2c3ccc(C)cc3c3cc(C)ccc32)c(-c2nc(C)nc(C)n2)c1. The van der Waals surface area contributed by atoms with Crippen molar-refractivity contribution in [3.8, 4) is 45.0 Å². The van der Waals surface area contributed by atoms with Gasteiger partial charge in [-0.1, -0.05) is 82.9 Å². The maximum atomic E-state index is 14.6. The van der Waals surface area contributed by atoms with Gasteiger partial charge in [0.05, 0.1) is 39.0 Å². The van der Waals surface area contributed by atoms with Crippen LogP contribution in [0, 0.1) is 41.5 Å². The molecule has 0 fully saturated rings. The first-order valence-electron chi connectivity index (χ1n) is 20.0. The van der Waals surface area contributed by atoms with Crippen molar-refractivity contribution in [3.05, 3.63) is 173 Å². The average Bonchev–Trinajstić information content (AvgIpc) is 3.70. The van der Waals surface area contributed by atoms with E-state index in [-0.39, 0.29) is 5.56 Å². The van der Waals surface area contributed by atoms with Gasteiger partial charge in [0.15, 0.2) is 5.82 Å². The lowest BCUT2D eigenvalue weighted by Crippen LogP contribution is -2.07. The Bertz CT molecular complexity index is 3250. The molecule has 294 valence electrons. The predicted octanol–water partition coefficient (Wildman–Crippen LogP) is 13.9. The third kappa shape index (κ3) is 6.13. The van der Waals surface area contributed by atoms with Gasteiger partial charge in [-0.25, -0.2) is 15.0 Å². The minimum Gasteiger partial charge on any atom is -0.309 e. The van der Waals surface area contributed by atoms with Crippen LogP contribution in [0.15, 0.2) is 133 Å². The zero-order valence-corrected chi connectivity index (χ0v) is 34.1. The molecule has 0 saturated carbocycles. The Hall–Kier alpha value is -7.06. The van der Waals surface area contributed by atoms with E-state index in [4.69, 9.17) is 9.97 Å². The van der Waals surface area contributed by atoms with Gasteiger partial charge in [0.2, 0.25) is 0 Å². The molecular weight excluding hydrogens is 752 g/mol. The van der Waals surface area contributed by atoms with Crippen molar-refractivity contribution in [2.75, 3.05) is 0 Å².